The molecule has 0 saturated carbocycles. The zero-order chi connectivity index (χ0) is 16.7. The molecule has 6 nitrogen and oxygen atoms in total. The minimum Gasteiger partial charge on any atom is -0.483 e. The molecule has 0 N–H and O–H groups in total. The molecule has 0 amide bonds. The Morgan fingerprint density at radius 2 is 1.96 bits per heavy atom. The van der Waals surface area contributed by atoms with Gasteiger partial charge in [-0.25, -0.2) is 9.59 Å². The second-order valence-electron chi connectivity index (χ2n) is 4.45. The van der Waals surface area contributed by atoms with Crippen molar-refractivity contribution in [1.82, 2.24) is 0 Å². The zero-order valence-corrected chi connectivity index (χ0v) is 14.0. The summed E-state index contributed by atoms with van der Waals surface area (Å²) in [5, 5.41) is 0. The quantitative estimate of drug-likeness (QED) is 0.541. The Morgan fingerprint density at radius 1 is 1.22 bits per heavy atom. The molecule has 23 heavy (non-hydrogen) atoms. The summed E-state index contributed by atoms with van der Waals surface area (Å²) in [7, 11) is 1.20. The first-order valence-electron chi connectivity index (χ1n) is 6.78. The topological polar surface area (TPSA) is 75.0 Å². The number of hydrogen-bond acceptors (Lipinski definition) is 6. The highest BCUT2D eigenvalue weighted by atomic mass is 79.9. The Morgan fingerprint density at radius 3 is 2.61 bits per heavy atom. The number of esters is 1. The predicted molar refractivity (Wildman–Crippen MR) is 85.6 cm³/mol. The molecule has 0 fully saturated rings. The monoisotopic (exact) mass is 382 g/mol. The average molecular weight is 383 g/mol. The molecule has 0 atom stereocenters. The molecule has 0 bridgehead atoms. The van der Waals surface area contributed by atoms with Crippen LogP contribution in [0.25, 0.3) is 0 Å². The molecule has 122 valence electrons. The van der Waals surface area contributed by atoms with Crippen molar-refractivity contribution in [3.8, 4) is 5.75 Å². The van der Waals surface area contributed by atoms with Gasteiger partial charge in [0.2, 0.25) is 11.5 Å². The van der Waals surface area contributed by atoms with Gasteiger partial charge < -0.3 is 18.6 Å². The Labute approximate surface area is 141 Å². The van der Waals surface area contributed by atoms with Crippen LogP contribution < -0.4 is 10.4 Å². The Kier molecular flexibility index (Phi) is 6.37. The highest BCUT2D eigenvalue weighted by Gasteiger charge is 2.16. The van der Waals surface area contributed by atoms with Gasteiger partial charge in [0.15, 0.2) is 0 Å². The van der Waals surface area contributed by atoms with Crippen LogP contribution in [0.5, 0.6) is 5.75 Å². The molecule has 0 unspecified atom stereocenters. The Bertz CT molecular complexity index is 710. The van der Waals surface area contributed by atoms with Crippen molar-refractivity contribution in [3.05, 3.63) is 62.6 Å². The molecule has 2 aromatic rings. The summed E-state index contributed by atoms with van der Waals surface area (Å²) in [6, 6.07) is 11.0. The van der Waals surface area contributed by atoms with E-state index < -0.39 is 11.6 Å². The Balaban J connectivity index is 1.86. The van der Waals surface area contributed by atoms with Gasteiger partial charge in [0.25, 0.3) is 0 Å². The van der Waals surface area contributed by atoms with Crippen molar-refractivity contribution < 1.29 is 23.4 Å². The van der Waals surface area contributed by atoms with E-state index in [9.17, 15) is 9.59 Å². The minimum absolute atomic E-state index is 0.0130. The van der Waals surface area contributed by atoms with E-state index in [0.29, 0.717) is 17.7 Å². The lowest BCUT2D eigenvalue weighted by molar-refractivity contribution is 0.0556. The SMILES string of the molecule is COC(=O)c1cc(Br)c(OCCOCc2ccccc2)c(=O)o1. The van der Waals surface area contributed by atoms with Gasteiger partial charge in [-0.3, -0.25) is 0 Å². The van der Waals surface area contributed by atoms with Crippen LogP contribution in [-0.2, 0) is 16.1 Å². The first-order valence-corrected chi connectivity index (χ1v) is 7.57. The molecule has 7 heteroatoms. The van der Waals surface area contributed by atoms with Crippen LogP contribution in [0.2, 0.25) is 0 Å². The molecule has 0 aliphatic carbocycles. The largest absolute Gasteiger partial charge is 0.483 e. The van der Waals surface area contributed by atoms with Crippen LogP contribution in [0, 0.1) is 0 Å². The van der Waals surface area contributed by atoms with Crippen molar-refractivity contribution in [3.63, 3.8) is 0 Å². The highest BCUT2D eigenvalue weighted by molar-refractivity contribution is 9.10. The van der Waals surface area contributed by atoms with E-state index in [1.807, 2.05) is 30.3 Å². The van der Waals surface area contributed by atoms with E-state index >= 15 is 0 Å². The third kappa shape index (κ3) is 4.94. The molecule has 2 rings (SSSR count). The van der Waals surface area contributed by atoms with E-state index in [2.05, 4.69) is 20.7 Å². The fraction of sp³-hybridized carbons (Fsp3) is 0.250. The number of carbonyl (C=O) groups excluding carboxylic acids is 1. The lowest BCUT2D eigenvalue weighted by Crippen LogP contribution is -2.15. The molecule has 0 aliphatic heterocycles. The molecular formula is C16H15BrO6. The number of carbonyl (C=O) groups is 1. The number of methoxy groups -OCH3 is 1. The van der Waals surface area contributed by atoms with Gasteiger partial charge >= 0.3 is 11.6 Å². The van der Waals surface area contributed by atoms with Crippen molar-refractivity contribution in [2.24, 2.45) is 0 Å². The smallest absolute Gasteiger partial charge is 0.380 e. The van der Waals surface area contributed by atoms with E-state index in [1.165, 1.54) is 13.2 Å². The number of halogens is 1. The molecule has 0 spiro atoms. The fourth-order valence-corrected chi connectivity index (χ4v) is 2.23. The maximum atomic E-state index is 11.8. The van der Waals surface area contributed by atoms with Gasteiger partial charge in [-0.2, -0.15) is 0 Å². The normalized spacial score (nSPS) is 10.3. The van der Waals surface area contributed by atoms with Gasteiger partial charge in [-0.15, -0.1) is 0 Å². The summed E-state index contributed by atoms with van der Waals surface area (Å²) in [6.07, 6.45) is 0. The molecule has 1 aromatic heterocycles. The molecule has 0 saturated heterocycles. The lowest BCUT2D eigenvalue weighted by Gasteiger charge is -2.08. The minimum atomic E-state index is -0.761. The van der Waals surface area contributed by atoms with Gasteiger partial charge in [0.05, 0.1) is 24.8 Å². The zero-order valence-electron chi connectivity index (χ0n) is 12.4. The average Bonchev–Trinajstić information content (AvgIpc) is 2.56. The third-order valence-corrected chi connectivity index (χ3v) is 3.42. The van der Waals surface area contributed by atoms with Gasteiger partial charge in [0, 0.05) is 6.07 Å². The van der Waals surface area contributed by atoms with Crippen LogP contribution >= 0.6 is 15.9 Å². The second-order valence-corrected chi connectivity index (χ2v) is 5.31. The maximum absolute atomic E-state index is 11.8. The van der Waals surface area contributed by atoms with E-state index in [0.717, 1.165) is 5.56 Å². The molecule has 1 aromatic carbocycles. The van der Waals surface area contributed by atoms with Crippen molar-refractivity contribution >= 4 is 21.9 Å². The van der Waals surface area contributed by atoms with Crippen LogP contribution in [0.3, 0.4) is 0 Å². The van der Waals surface area contributed by atoms with Crippen LogP contribution in [-0.4, -0.2) is 26.3 Å². The first-order chi connectivity index (χ1) is 11.1. The Hall–Kier alpha value is -2.12. The summed E-state index contributed by atoms with van der Waals surface area (Å²) in [6.45, 7) is 0.939. The maximum Gasteiger partial charge on any atom is 0.380 e. The van der Waals surface area contributed by atoms with E-state index in [1.54, 1.807) is 0 Å². The van der Waals surface area contributed by atoms with Crippen LogP contribution in [0.1, 0.15) is 16.1 Å². The highest BCUT2D eigenvalue weighted by Crippen LogP contribution is 2.22. The molecule has 0 radical (unpaired) electrons. The van der Waals surface area contributed by atoms with Gasteiger partial charge in [-0.1, -0.05) is 30.3 Å². The van der Waals surface area contributed by atoms with Gasteiger partial charge in [0.1, 0.15) is 6.61 Å². The molecule has 0 aliphatic rings. The lowest BCUT2D eigenvalue weighted by atomic mass is 10.2. The van der Waals surface area contributed by atoms with Crippen LogP contribution in [0.4, 0.5) is 0 Å². The van der Waals surface area contributed by atoms with E-state index in [-0.39, 0.29) is 18.1 Å². The summed E-state index contributed by atoms with van der Waals surface area (Å²) < 4.78 is 20.4. The number of ether oxygens (including phenoxy) is 3. The summed E-state index contributed by atoms with van der Waals surface area (Å²) in [4.78, 5) is 23.1. The molecular weight excluding hydrogens is 368 g/mol. The van der Waals surface area contributed by atoms with Crippen molar-refractivity contribution in [2.45, 2.75) is 6.61 Å². The van der Waals surface area contributed by atoms with Crippen molar-refractivity contribution in [1.29, 1.82) is 0 Å². The van der Waals surface area contributed by atoms with Crippen LogP contribution in [0.15, 0.2) is 50.1 Å². The first kappa shape index (κ1) is 17.2. The third-order valence-electron chi connectivity index (χ3n) is 2.83. The summed E-state index contributed by atoms with van der Waals surface area (Å²) >= 11 is 3.17. The summed E-state index contributed by atoms with van der Waals surface area (Å²) in [5.74, 6) is -0.946. The van der Waals surface area contributed by atoms with Gasteiger partial charge in [-0.05, 0) is 21.5 Å². The fourth-order valence-electron chi connectivity index (χ4n) is 1.75. The summed E-state index contributed by atoms with van der Waals surface area (Å²) in [5.41, 5.74) is 0.290. The number of rotatable bonds is 7. The standard InChI is InChI=1S/C16H15BrO6/c1-20-15(18)13-9-12(17)14(16(19)23-13)22-8-7-21-10-11-5-3-2-4-6-11/h2-6,9H,7-8,10H2,1H3. The van der Waals surface area contributed by atoms with E-state index in [4.69, 9.17) is 13.9 Å². The van der Waals surface area contributed by atoms with Crippen molar-refractivity contribution in [2.75, 3.05) is 20.3 Å². The second kappa shape index (κ2) is 8.50. The predicted octanol–water partition coefficient (Wildman–Crippen LogP) is 2.78. The number of benzene rings is 1. The number of hydrogen-bond donors (Lipinski definition) is 0. The molecule has 1 heterocycles.